The van der Waals surface area contributed by atoms with Gasteiger partial charge in [-0.3, -0.25) is 0 Å². The summed E-state index contributed by atoms with van der Waals surface area (Å²) in [5.41, 5.74) is 1.68. The number of imidazole rings is 1. The number of aromatic amines is 1. The molecule has 1 rings (SSSR count). The first-order valence-corrected chi connectivity index (χ1v) is 5.37. The average molecular weight is 196 g/mol. The number of nitrogens with two attached hydrogens (primary N) is 1. The summed E-state index contributed by atoms with van der Waals surface area (Å²) in [5.74, 6) is 0. The van der Waals surface area contributed by atoms with Gasteiger partial charge in [-0.05, 0) is 18.3 Å². The van der Waals surface area contributed by atoms with Crippen LogP contribution in [0.5, 0.6) is 0 Å². The molecule has 0 unspecified atom stereocenters. The van der Waals surface area contributed by atoms with Crippen LogP contribution in [0.4, 0.5) is 0 Å². The summed E-state index contributed by atoms with van der Waals surface area (Å²) in [7, 11) is 0. The van der Waals surface area contributed by atoms with Crippen molar-refractivity contribution in [2.75, 3.05) is 6.54 Å². The van der Waals surface area contributed by atoms with Crippen LogP contribution in [0.15, 0.2) is 12.5 Å². The minimum Gasteiger partial charge on any atom is -0.344 e. The number of H-pyrrole nitrogens is 1. The van der Waals surface area contributed by atoms with Gasteiger partial charge in [-0.25, -0.2) is 4.98 Å². The van der Waals surface area contributed by atoms with Crippen molar-refractivity contribution in [1.29, 1.82) is 0 Å². The lowest BCUT2D eigenvalue weighted by Crippen LogP contribution is -2.82. The molecule has 3 nitrogen and oxygen atoms in total. The first-order chi connectivity index (χ1) is 6.58. The molecule has 1 aromatic heterocycles. The maximum Gasteiger partial charge on any atom is 0.118 e. The lowest BCUT2D eigenvalue weighted by atomic mass is 9.91. The molecule has 1 aromatic rings. The Morgan fingerprint density at radius 3 is 2.79 bits per heavy atom. The van der Waals surface area contributed by atoms with E-state index >= 15 is 0 Å². The van der Waals surface area contributed by atoms with Crippen molar-refractivity contribution in [3.63, 3.8) is 0 Å². The Labute approximate surface area is 86.3 Å². The molecule has 0 aliphatic carbocycles. The molecule has 0 saturated carbocycles. The molecule has 0 bridgehead atoms. The molecule has 0 aromatic carbocycles. The molecule has 0 amide bonds. The van der Waals surface area contributed by atoms with Gasteiger partial charge in [0.2, 0.25) is 0 Å². The monoisotopic (exact) mass is 196 g/mol. The van der Waals surface area contributed by atoms with Gasteiger partial charge in [0.15, 0.2) is 0 Å². The van der Waals surface area contributed by atoms with E-state index < -0.39 is 0 Å². The summed E-state index contributed by atoms with van der Waals surface area (Å²) in [4.78, 5) is 7.09. The summed E-state index contributed by atoms with van der Waals surface area (Å²) in [6.45, 7) is 9.10. The van der Waals surface area contributed by atoms with Crippen LogP contribution in [0.2, 0.25) is 0 Å². The van der Waals surface area contributed by atoms with Crippen molar-refractivity contribution in [3.05, 3.63) is 18.2 Å². The van der Waals surface area contributed by atoms with Gasteiger partial charge in [0, 0.05) is 0 Å². The number of hydrogen-bond acceptors (Lipinski definition) is 1. The predicted molar refractivity (Wildman–Crippen MR) is 57.8 cm³/mol. The third kappa shape index (κ3) is 5.02. The normalized spacial score (nSPS) is 11.9. The molecule has 0 aliphatic heterocycles. The maximum absolute atomic E-state index is 3.98. The third-order valence-electron chi connectivity index (χ3n) is 2.25. The fourth-order valence-electron chi connectivity index (χ4n) is 1.43. The number of nitrogens with zero attached hydrogens (tertiary/aromatic N) is 1. The van der Waals surface area contributed by atoms with Crippen LogP contribution in [0.1, 0.15) is 39.3 Å². The minimum absolute atomic E-state index is 0.474. The Kier molecular flexibility index (Phi) is 4.14. The Morgan fingerprint density at radius 2 is 2.21 bits per heavy atom. The number of hydrogen-bond donors (Lipinski definition) is 2. The van der Waals surface area contributed by atoms with Crippen LogP contribution >= 0.6 is 0 Å². The van der Waals surface area contributed by atoms with Crippen molar-refractivity contribution in [2.45, 2.75) is 40.2 Å². The molecule has 3 N–H and O–H groups in total. The highest BCUT2D eigenvalue weighted by molar-refractivity contribution is 4.90. The van der Waals surface area contributed by atoms with Crippen molar-refractivity contribution >= 4 is 0 Å². The lowest BCUT2D eigenvalue weighted by molar-refractivity contribution is -0.671. The van der Waals surface area contributed by atoms with E-state index in [0.717, 1.165) is 6.54 Å². The molecule has 0 fully saturated rings. The second-order valence-electron chi connectivity index (χ2n) is 5.02. The SMILES string of the molecule is CC(C)(C)CCC[NH2+]Cc1cnc[nH]1. The Hall–Kier alpha value is -0.830. The Morgan fingerprint density at radius 1 is 1.43 bits per heavy atom. The van der Waals surface area contributed by atoms with Crippen molar-refractivity contribution in [3.8, 4) is 0 Å². The van der Waals surface area contributed by atoms with Gasteiger partial charge in [-0.15, -0.1) is 0 Å². The highest BCUT2D eigenvalue weighted by Gasteiger charge is 2.09. The van der Waals surface area contributed by atoms with Crippen LogP contribution in [-0.2, 0) is 6.54 Å². The standard InChI is InChI=1S/C11H21N3/c1-11(2,3)5-4-6-12-7-10-8-13-9-14-10/h8-9,12H,4-7H2,1-3H3,(H,13,14)/p+1. The van der Waals surface area contributed by atoms with Crippen LogP contribution in [-0.4, -0.2) is 16.5 Å². The van der Waals surface area contributed by atoms with Gasteiger partial charge in [0.1, 0.15) is 6.54 Å². The Balaban J connectivity index is 2.00. The maximum atomic E-state index is 3.98. The first-order valence-electron chi connectivity index (χ1n) is 5.37. The molecular formula is C11H22N3+. The molecule has 0 atom stereocenters. The van der Waals surface area contributed by atoms with Crippen LogP contribution in [0.25, 0.3) is 0 Å². The lowest BCUT2D eigenvalue weighted by Gasteiger charge is -2.16. The molecule has 1 heterocycles. The van der Waals surface area contributed by atoms with E-state index in [1.807, 2.05) is 6.20 Å². The van der Waals surface area contributed by atoms with Crippen molar-refractivity contribution in [2.24, 2.45) is 5.41 Å². The van der Waals surface area contributed by atoms with E-state index in [-0.39, 0.29) is 0 Å². The van der Waals surface area contributed by atoms with Gasteiger partial charge in [-0.2, -0.15) is 0 Å². The van der Waals surface area contributed by atoms with E-state index in [0.29, 0.717) is 5.41 Å². The highest BCUT2D eigenvalue weighted by atomic mass is 14.9. The molecule has 3 heteroatoms. The summed E-state index contributed by atoms with van der Waals surface area (Å²) >= 11 is 0. The zero-order chi connectivity index (χ0) is 10.4. The highest BCUT2D eigenvalue weighted by Crippen LogP contribution is 2.19. The zero-order valence-corrected chi connectivity index (χ0v) is 9.51. The number of aromatic nitrogens is 2. The molecular weight excluding hydrogens is 174 g/mol. The second kappa shape index (κ2) is 5.15. The molecule has 80 valence electrons. The number of quaternary nitrogens is 1. The summed E-state index contributed by atoms with van der Waals surface area (Å²) in [6.07, 6.45) is 6.21. The van der Waals surface area contributed by atoms with E-state index in [9.17, 15) is 0 Å². The van der Waals surface area contributed by atoms with Gasteiger partial charge >= 0.3 is 0 Å². The molecule has 0 aliphatic rings. The van der Waals surface area contributed by atoms with Gasteiger partial charge in [-0.1, -0.05) is 20.8 Å². The van der Waals surface area contributed by atoms with Crippen molar-refractivity contribution in [1.82, 2.24) is 9.97 Å². The predicted octanol–water partition coefficient (Wildman–Crippen LogP) is 1.30. The van der Waals surface area contributed by atoms with Crippen LogP contribution < -0.4 is 5.32 Å². The fraction of sp³-hybridized carbons (Fsp3) is 0.727. The van der Waals surface area contributed by atoms with Gasteiger partial charge in [0.05, 0.1) is 24.8 Å². The first kappa shape index (κ1) is 11.2. The van der Waals surface area contributed by atoms with E-state index in [1.165, 1.54) is 25.1 Å². The van der Waals surface area contributed by atoms with Crippen LogP contribution in [0, 0.1) is 5.41 Å². The summed E-state index contributed by atoms with van der Waals surface area (Å²) < 4.78 is 0. The van der Waals surface area contributed by atoms with Crippen LogP contribution in [0.3, 0.4) is 0 Å². The topological polar surface area (TPSA) is 45.3 Å². The number of nitrogens with one attached hydrogen (secondary N) is 1. The average Bonchev–Trinajstić information content (AvgIpc) is 2.54. The largest absolute Gasteiger partial charge is 0.344 e. The Bertz CT molecular complexity index is 234. The molecule has 0 spiro atoms. The quantitative estimate of drug-likeness (QED) is 0.685. The van der Waals surface area contributed by atoms with Gasteiger partial charge in [0.25, 0.3) is 0 Å². The molecule has 0 saturated heterocycles. The zero-order valence-electron chi connectivity index (χ0n) is 9.51. The molecule has 0 radical (unpaired) electrons. The van der Waals surface area contributed by atoms with E-state index in [2.05, 4.69) is 36.1 Å². The summed E-state index contributed by atoms with van der Waals surface area (Å²) in [5, 5.41) is 2.33. The smallest absolute Gasteiger partial charge is 0.118 e. The van der Waals surface area contributed by atoms with Crippen molar-refractivity contribution < 1.29 is 5.32 Å². The summed E-state index contributed by atoms with van der Waals surface area (Å²) in [6, 6.07) is 0. The van der Waals surface area contributed by atoms with Gasteiger partial charge < -0.3 is 10.3 Å². The second-order valence-corrected chi connectivity index (χ2v) is 5.02. The minimum atomic E-state index is 0.474. The van der Waals surface area contributed by atoms with E-state index in [1.54, 1.807) is 6.33 Å². The van der Waals surface area contributed by atoms with E-state index in [4.69, 9.17) is 0 Å². The fourth-order valence-corrected chi connectivity index (χ4v) is 1.43. The number of rotatable bonds is 5. The third-order valence-corrected chi connectivity index (χ3v) is 2.25. The molecule has 14 heavy (non-hydrogen) atoms.